The summed E-state index contributed by atoms with van der Waals surface area (Å²) in [6.45, 7) is 1.68. The average Bonchev–Trinajstić information content (AvgIpc) is 2.73. The maximum absolute atomic E-state index is 13.6. The number of aromatic carboxylic acids is 1. The fraction of sp³-hybridized carbons (Fsp3) is 0.0909. The van der Waals surface area contributed by atoms with Gasteiger partial charge in [0.1, 0.15) is 10.7 Å². The molecular weight excluding hydrogens is 307 g/mol. The Morgan fingerprint density at radius 3 is 2.70 bits per heavy atom. The number of carbonyl (C=O) groups is 1. The number of nitrogens with zero attached hydrogens (tertiary/aromatic N) is 1. The molecular formula is C11H9FN2O4S2. The number of hydrogen-bond acceptors (Lipinski definition) is 5. The molecule has 2 rings (SSSR count). The van der Waals surface area contributed by atoms with Crippen molar-refractivity contribution in [2.24, 2.45) is 0 Å². The van der Waals surface area contributed by atoms with Gasteiger partial charge in [0.25, 0.3) is 10.0 Å². The van der Waals surface area contributed by atoms with Gasteiger partial charge in [-0.3, -0.25) is 4.72 Å². The van der Waals surface area contributed by atoms with E-state index in [0.717, 1.165) is 29.5 Å². The van der Waals surface area contributed by atoms with Gasteiger partial charge >= 0.3 is 5.97 Å². The lowest BCUT2D eigenvalue weighted by Crippen LogP contribution is -2.15. The maximum Gasteiger partial charge on any atom is 0.335 e. The molecule has 0 aliphatic rings. The van der Waals surface area contributed by atoms with E-state index in [1.807, 2.05) is 0 Å². The summed E-state index contributed by atoms with van der Waals surface area (Å²) in [6, 6.07) is 2.55. The second kappa shape index (κ2) is 5.17. The van der Waals surface area contributed by atoms with Crippen LogP contribution < -0.4 is 4.72 Å². The van der Waals surface area contributed by atoms with Crippen LogP contribution in [0.15, 0.2) is 28.5 Å². The zero-order valence-electron chi connectivity index (χ0n) is 10.1. The number of carboxylic acid groups (broad SMARTS) is 1. The number of nitrogens with one attached hydrogen (secondary N) is 1. The van der Waals surface area contributed by atoms with Crippen LogP contribution >= 0.6 is 11.3 Å². The zero-order valence-corrected chi connectivity index (χ0v) is 11.8. The minimum atomic E-state index is -4.23. The van der Waals surface area contributed by atoms with E-state index in [2.05, 4.69) is 9.71 Å². The van der Waals surface area contributed by atoms with Crippen LogP contribution in [0.1, 0.15) is 16.1 Å². The molecule has 6 nitrogen and oxygen atoms in total. The van der Waals surface area contributed by atoms with Crippen LogP contribution in [0.25, 0.3) is 0 Å². The number of halogens is 1. The van der Waals surface area contributed by atoms with E-state index >= 15 is 0 Å². The van der Waals surface area contributed by atoms with Gasteiger partial charge in [0.2, 0.25) is 0 Å². The summed E-state index contributed by atoms with van der Waals surface area (Å²) in [5.74, 6) is -2.37. The molecule has 1 heterocycles. The number of hydrogen-bond donors (Lipinski definition) is 2. The lowest BCUT2D eigenvalue weighted by molar-refractivity contribution is 0.0696. The topological polar surface area (TPSA) is 96.4 Å². The van der Waals surface area contributed by atoms with E-state index in [0.29, 0.717) is 5.69 Å². The van der Waals surface area contributed by atoms with Crippen molar-refractivity contribution in [3.8, 4) is 0 Å². The van der Waals surface area contributed by atoms with Crippen molar-refractivity contribution < 1.29 is 22.7 Å². The van der Waals surface area contributed by atoms with E-state index in [1.54, 1.807) is 12.3 Å². The van der Waals surface area contributed by atoms with Gasteiger partial charge in [-0.2, -0.15) is 0 Å². The lowest BCUT2D eigenvalue weighted by Gasteiger charge is -2.07. The predicted octanol–water partition coefficient (Wildman–Crippen LogP) is 2.09. The first-order valence-electron chi connectivity index (χ1n) is 5.27. The number of benzene rings is 1. The summed E-state index contributed by atoms with van der Waals surface area (Å²) < 4.78 is 39.8. The van der Waals surface area contributed by atoms with Gasteiger partial charge in [-0.15, -0.1) is 11.3 Å². The Hall–Kier alpha value is -2.00. The third-order valence-electron chi connectivity index (χ3n) is 2.31. The van der Waals surface area contributed by atoms with Crippen LogP contribution in [0.2, 0.25) is 0 Å². The number of aromatic nitrogens is 1. The second-order valence-corrected chi connectivity index (χ2v) is 6.36. The fourth-order valence-corrected chi connectivity index (χ4v) is 3.46. The molecule has 0 spiro atoms. The van der Waals surface area contributed by atoms with Gasteiger partial charge in [-0.05, 0) is 25.1 Å². The average molecular weight is 316 g/mol. The summed E-state index contributed by atoms with van der Waals surface area (Å²) in [4.78, 5) is 14.0. The Labute approximate surface area is 118 Å². The Morgan fingerprint density at radius 2 is 2.15 bits per heavy atom. The molecule has 0 saturated heterocycles. The summed E-state index contributed by atoms with van der Waals surface area (Å²) in [7, 11) is -4.23. The van der Waals surface area contributed by atoms with E-state index in [9.17, 15) is 17.6 Å². The zero-order chi connectivity index (χ0) is 14.9. The van der Waals surface area contributed by atoms with Gasteiger partial charge in [-0.1, -0.05) is 0 Å². The minimum absolute atomic E-state index is 0.0858. The van der Waals surface area contributed by atoms with Gasteiger partial charge in [0.15, 0.2) is 5.13 Å². The molecule has 0 radical (unpaired) electrons. The van der Waals surface area contributed by atoms with Crippen molar-refractivity contribution in [1.82, 2.24) is 4.98 Å². The summed E-state index contributed by atoms with van der Waals surface area (Å²) in [5.41, 5.74) is 0.301. The lowest BCUT2D eigenvalue weighted by atomic mass is 10.2. The van der Waals surface area contributed by atoms with Gasteiger partial charge in [0, 0.05) is 5.38 Å². The first kappa shape index (κ1) is 14.4. The number of rotatable bonds is 4. The van der Waals surface area contributed by atoms with Crippen LogP contribution in [0.4, 0.5) is 9.52 Å². The summed E-state index contributed by atoms with van der Waals surface area (Å²) in [5, 5.41) is 10.5. The van der Waals surface area contributed by atoms with E-state index in [1.165, 1.54) is 0 Å². The third-order valence-corrected chi connectivity index (χ3v) is 4.67. The van der Waals surface area contributed by atoms with Gasteiger partial charge < -0.3 is 5.11 Å². The van der Waals surface area contributed by atoms with Crippen molar-refractivity contribution >= 4 is 32.5 Å². The maximum atomic E-state index is 13.6. The summed E-state index contributed by atoms with van der Waals surface area (Å²) >= 11 is 1.05. The Kier molecular flexibility index (Phi) is 3.73. The minimum Gasteiger partial charge on any atom is -0.478 e. The monoisotopic (exact) mass is 316 g/mol. The van der Waals surface area contributed by atoms with Crippen LogP contribution in [-0.4, -0.2) is 24.5 Å². The molecule has 2 N–H and O–H groups in total. The Balaban J connectivity index is 2.43. The highest BCUT2D eigenvalue weighted by atomic mass is 32.2. The summed E-state index contributed by atoms with van der Waals surface area (Å²) in [6.07, 6.45) is 0. The molecule has 0 unspecified atom stereocenters. The fourth-order valence-electron chi connectivity index (χ4n) is 1.41. The molecule has 1 aromatic heterocycles. The number of aryl methyl sites for hydroxylation is 1. The normalized spacial score (nSPS) is 11.3. The highest BCUT2D eigenvalue weighted by Crippen LogP contribution is 2.22. The smallest absolute Gasteiger partial charge is 0.335 e. The molecule has 106 valence electrons. The standard InChI is InChI=1S/C11H9FN2O4S2/c1-6-5-19-11(13-6)14-20(17,18)9-4-7(10(15)16)2-3-8(9)12/h2-5H,1H3,(H,13,14)(H,15,16). The number of thiazole rings is 1. The molecule has 0 aliphatic heterocycles. The molecule has 1 aromatic carbocycles. The number of carboxylic acids is 1. The molecule has 20 heavy (non-hydrogen) atoms. The van der Waals surface area contributed by atoms with Crippen molar-refractivity contribution in [1.29, 1.82) is 0 Å². The molecule has 0 atom stereocenters. The first-order chi connectivity index (χ1) is 9.29. The largest absolute Gasteiger partial charge is 0.478 e. The van der Waals surface area contributed by atoms with Gasteiger partial charge in [0.05, 0.1) is 11.3 Å². The Bertz CT molecular complexity index is 770. The van der Waals surface area contributed by atoms with Crippen molar-refractivity contribution in [3.63, 3.8) is 0 Å². The predicted molar refractivity (Wildman–Crippen MR) is 71.0 cm³/mol. The van der Waals surface area contributed by atoms with Gasteiger partial charge in [-0.25, -0.2) is 22.6 Å². The molecule has 2 aromatic rings. The molecule has 0 saturated carbocycles. The quantitative estimate of drug-likeness (QED) is 0.900. The van der Waals surface area contributed by atoms with Crippen molar-refractivity contribution in [2.75, 3.05) is 4.72 Å². The Morgan fingerprint density at radius 1 is 1.45 bits per heavy atom. The van der Waals surface area contributed by atoms with E-state index < -0.39 is 26.7 Å². The van der Waals surface area contributed by atoms with E-state index in [-0.39, 0.29) is 10.7 Å². The number of anilines is 1. The molecule has 0 bridgehead atoms. The third kappa shape index (κ3) is 2.94. The first-order valence-corrected chi connectivity index (χ1v) is 7.63. The molecule has 0 amide bonds. The second-order valence-electron chi connectivity index (χ2n) is 3.85. The SMILES string of the molecule is Cc1csc(NS(=O)(=O)c2cc(C(=O)O)ccc2F)n1. The van der Waals surface area contributed by atoms with Crippen LogP contribution in [0.5, 0.6) is 0 Å². The van der Waals surface area contributed by atoms with Crippen molar-refractivity contribution in [2.45, 2.75) is 11.8 Å². The molecule has 9 heteroatoms. The van der Waals surface area contributed by atoms with E-state index in [4.69, 9.17) is 5.11 Å². The highest BCUT2D eigenvalue weighted by Gasteiger charge is 2.22. The molecule has 0 fully saturated rings. The van der Waals surface area contributed by atoms with Crippen LogP contribution in [0.3, 0.4) is 0 Å². The van der Waals surface area contributed by atoms with Crippen molar-refractivity contribution in [3.05, 3.63) is 40.7 Å². The highest BCUT2D eigenvalue weighted by molar-refractivity contribution is 7.93. The van der Waals surface area contributed by atoms with Crippen LogP contribution in [-0.2, 0) is 10.0 Å². The molecule has 0 aliphatic carbocycles. The van der Waals surface area contributed by atoms with Crippen LogP contribution in [0, 0.1) is 12.7 Å². The number of sulfonamides is 1.